The van der Waals surface area contributed by atoms with Crippen LogP contribution >= 0.6 is 0 Å². The molecule has 1 atom stereocenters. The lowest BCUT2D eigenvalue weighted by Crippen LogP contribution is -2.28. The summed E-state index contributed by atoms with van der Waals surface area (Å²) in [6.45, 7) is 5.38. The molecule has 14 heavy (non-hydrogen) atoms. The van der Waals surface area contributed by atoms with Crippen molar-refractivity contribution >= 4 is 0 Å². The van der Waals surface area contributed by atoms with Crippen molar-refractivity contribution in [2.45, 2.75) is 58.8 Å². The van der Waals surface area contributed by atoms with Crippen LogP contribution in [0.25, 0.3) is 0 Å². The number of aliphatic hydroxyl groups excluding tert-OH is 1. The number of rotatable bonds is 9. The van der Waals surface area contributed by atoms with Crippen LogP contribution in [-0.4, -0.2) is 18.3 Å². The number of aliphatic hydroxyl groups is 1. The Morgan fingerprint density at radius 3 is 2.21 bits per heavy atom. The SMILES string of the molecule is CCCCCCCC(C)(CN)CCO. The molecule has 0 heterocycles. The van der Waals surface area contributed by atoms with Gasteiger partial charge in [-0.1, -0.05) is 46.0 Å². The molecule has 0 spiro atoms. The van der Waals surface area contributed by atoms with Gasteiger partial charge in [0.25, 0.3) is 0 Å². The van der Waals surface area contributed by atoms with Gasteiger partial charge < -0.3 is 10.8 Å². The maximum atomic E-state index is 8.92. The molecule has 86 valence electrons. The molecule has 0 radical (unpaired) electrons. The number of hydrogen-bond donors (Lipinski definition) is 2. The predicted octanol–water partition coefficient (Wildman–Crippen LogP) is 2.69. The summed E-state index contributed by atoms with van der Waals surface area (Å²) in [6.07, 6.45) is 8.56. The highest BCUT2D eigenvalue weighted by molar-refractivity contribution is 4.74. The van der Waals surface area contributed by atoms with Gasteiger partial charge in [-0.2, -0.15) is 0 Å². The Bertz CT molecular complexity index is 127. The minimum Gasteiger partial charge on any atom is -0.396 e. The van der Waals surface area contributed by atoms with E-state index in [9.17, 15) is 0 Å². The number of nitrogens with two attached hydrogens (primary N) is 1. The smallest absolute Gasteiger partial charge is 0.0436 e. The van der Waals surface area contributed by atoms with Gasteiger partial charge >= 0.3 is 0 Å². The maximum Gasteiger partial charge on any atom is 0.0436 e. The molecular weight excluding hydrogens is 174 g/mol. The number of hydrogen-bond acceptors (Lipinski definition) is 2. The summed E-state index contributed by atoms with van der Waals surface area (Å²) in [7, 11) is 0. The Labute approximate surface area is 88.9 Å². The van der Waals surface area contributed by atoms with Crippen molar-refractivity contribution in [3.05, 3.63) is 0 Å². The van der Waals surface area contributed by atoms with E-state index in [1.54, 1.807) is 0 Å². The van der Waals surface area contributed by atoms with Crippen LogP contribution in [0, 0.1) is 5.41 Å². The lowest BCUT2D eigenvalue weighted by molar-refractivity contribution is 0.188. The lowest BCUT2D eigenvalue weighted by Gasteiger charge is -2.27. The highest BCUT2D eigenvalue weighted by atomic mass is 16.3. The monoisotopic (exact) mass is 201 g/mol. The number of unbranched alkanes of at least 4 members (excludes halogenated alkanes) is 4. The molecule has 1 unspecified atom stereocenters. The van der Waals surface area contributed by atoms with Crippen LogP contribution < -0.4 is 5.73 Å². The van der Waals surface area contributed by atoms with Gasteiger partial charge in [0.15, 0.2) is 0 Å². The second-order valence-electron chi connectivity index (χ2n) is 4.65. The molecule has 0 aromatic heterocycles. The van der Waals surface area contributed by atoms with Crippen LogP contribution in [-0.2, 0) is 0 Å². The summed E-state index contributed by atoms with van der Waals surface area (Å²) >= 11 is 0. The summed E-state index contributed by atoms with van der Waals surface area (Å²) < 4.78 is 0. The molecule has 0 amide bonds. The molecule has 0 rings (SSSR count). The van der Waals surface area contributed by atoms with Gasteiger partial charge in [-0.05, 0) is 24.8 Å². The average Bonchev–Trinajstić information content (AvgIpc) is 2.18. The molecule has 2 heteroatoms. The van der Waals surface area contributed by atoms with E-state index in [4.69, 9.17) is 10.8 Å². The van der Waals surface area contributed by atoms with Crippen molar-refractivity contribution in [3.63, 3.8) is 0 Å². The van der Waals surface area contributed by atoms with Crippen LogP contribution in [0.15, 0.2) is 0 Å². The first-order valence-corrected chi connectivity index (χ1v) is 5.99. The third kappa shape index (κ3) is 6.39. The standard InChI is InChI=1S/C12H27NO/c1-3-4-5-6-7-8-12(2,11-13)9-10-14/h14H,3-11,13H2,1-2H3. The first-order chi connectivity index (χ1) is 6.68. The van der Waals surface area contributed by atoms with Gasteiger partial charge in [-0.3, -0.25) is 0 Å². The fraction of sp³-hybridized carbons (Fsp3) is 1.00. The van der Waals surface area contributed by atoms with Crippen molar-refractivity contribution in [3.8, 4) is 0 Å². The van der Waals surface area contributed by atoms with Gasteiger partial charge in [-0.15, -0.1) is 0 Å². The summed E-state index contributed by atoms with van der Waals surface area (Å²) in [6, 6.07) is 0. The third-order valence-corrected chi connectivity index (χ3v) is 3.09. The van der Waals surface area contributed by atoms with Crippen LogP contribution in [0.5, 0.6) is 0 Å². The van der Waals surface area contributed by atoms with Crippen molar-refractivity contribution < 1.29 is 5.11 Å². The second kappa shape index (κ2) is 8.25. The van der Waals surface area contributed by atoms with Gasteiger partial charge in [0.2, 0.25) is 0 Å². The Kier molecular flexibility index (Phi) is 8.20. The normalized spacial score (nSPS) is 15.4. The van der Waals surface area contributed by atoms with Crippen molar-refractivity contribution in [1.82, 2.24) is 0 Å². The topological polar surface area (TPSA) is 46.2 Å². The van der Waals surface area contributed by atoms with Crippen LogP contribution in [0.2, 0.25) is 0 Å². The van der Waals surface area contributed by atoms with Gasteiger partial charge in [0.1, 0.15) is 0 Å². The Morgan fingerprint density at radius 2 is 1.71 bits per heavy atom. The predicted molar refractivity (Wildman–Crippen MR) is 62.2 cm³/mol. The highest BCUT2D eigenvalue weighted by Crippen LogP contribution is 2.27. The molecule has 0 aliphatic carbocycles. The average molecular weight is 201 g/mol. The van der Waals surface area contributed by atoms with E-state index in [2.05, 4.69) is 13.8 Å². The first-order valence-electron chi connectivity index (χ1n) is 5.99. The Balaban J connectivity index is 3.51. The Hall–Kier alpha value is -0.0800. The van der Waals surface area contributed by atoms with Crippen molar-refractivity contribution in [2.75, 3.05) is 13.2 Å². The molecule has 0 bridgehead atoms. The molecule has 0 aromatic rings. The van der Waals surface area contributed by atoms with Crippen molar-refractivity contribution in [1.29, 1.82) is 0 Å². The second-order valence-corrected chi connectivity index (χ2v) is 4.65. The zero-order valence-electron chi connectivity index (χ0n) is 9.89. The quantitative estimate of drug-likeness (QED) is 0.563. The largest absolute Gasteiger partial charge is 0.396 e. The summed E-state index contributed by atoms with van der Waals surface area (Å²) in [5.74, 6) is 0. The van der Waals surface area contributed by atoms with Crippen LogP contribution in [0.4, 0.5) is 0 Å². The maximum absolute atomic E-state index is 8.92. The summed E-state index contributed by atoms with van der Waals surface area (Å²) in [5, 5.41) is 8.92. The molecule has 0 saturated carbocycles. The van der Waals surface area contributed by atoms with Crippen molar-refractivity contribution in [2.24, 2.45) is 11.1 Å². The molecule has 0 saturated heterocycles. The molecule has 0 aromatic carbocycles. The van der Waals surface area contributed by atoms with Gasteiger partial charge in [0.05, 0.1) is 0 Å². The van der Waals surface area contributed by atoms with E-state index in [0.717, 1.165) is 12.8 Å². The molecule has 0 aliphatic heterocycles. The van der Waals surface area contributed by atoms with E-state index in [0.29, 0.717) is 6.54 Å². The fourth-order valence-electron chi connectivity index (χ4n) is 1.75. The molecule has 3 N–H and O–H groups in total. The van der Waals surface area contributed by atoms with E-state index in [1.165, 1.54) is 32.1 Å². The van der Waals surface area contributed by atoms with Crippen LogP contribution in [0.3, 0.4) is 0 Å². The molecular formula is C12H27NO. The minimum atomic E-state index is 0.168. The molecule has 0 aliphatic rings. The zero-order chi connectivity index (χ0) is 10.9. The lowest BCUT2D eigenvalue weighted by atomic mass is 9.82. The molecule has 0 fully saturated rings. The van der Waals surface area contributed by atoms with E-state index in [-0.39, 0.29) is 12.0 Å². The highest BCUT2D eigenvalue weighted by Gasteiger charge is 2.20. The first kappa shape index (κ1) is 13.9. The summed E-state index contributed by atoms with van der Waals surface area (Å²) in [5.41, 5.74) is 5.89. The third-order valence-electron chi connectivity index (χ3n) is 3.09. The van der Waals surface area contributed by atoms with E-state index in [1.807, 2.05) is 0 Å². The van der Waals surface area contributed by atoms with Gasteiger partial charge in [-0.25, -0.2) is 0 Å². The van der Waals surface area contributed by atoms with E-state index >= 15 is 0 Å². The fourth-order valence-corrected chi connectivity index (χ4v) is 1.75. The van der Waals surface area contributed by atoms with E-state index < -0.39 is 0 Å². The minimum absolute atomic E-state index is 0.168. The molecule has 2 nitrogen and oxygen atoms in total. The van der Waals surface area contributed by atoms with Crippen LogP contribution in [0.1, 0.15) is 58.8 Å². The summed E-state index contributed by atoms with van der Waals surface area (Å²) in [4.78, 5) is 0. The van der Waals surface area contributed by atoms with Gasteiger partial charge in [0, 0.05) is 6.61 Å². The zero-order valence-corrected chi connectivity index (χ0v) is 9.89. The Morgan fingerprint density at radius 1 is 1.07 bits per heavy atom.